The van der Waals surface area contributed by atoms with E-state index < -0.39 is 5.97 Å². The first kappa shape index (κ1) is 12.9. The molecule has 1 heterocycles. The molecule has 0 aliphatic carbocycles. The zero-order valence-electron chi connectivity index (χ0n) is 11.1. The summed E-state index contributed by atoms with van der Waals surface area (Å²) in [5.41, 5.74) is 8.45. The average Bonchev–Trinajstić information content (AvgIpc) is 2.49. The summed E-state index contributed by atoms with van der Waals surface area (Å²) in [6.45, 7) is 0. The normalized spacial score (nSPS) is 10.5. The topological polar surface area (TPSA) is 88.2 Å². The van der Waals surface area contributed by atoms with E-state index in [2.05, 4.69) is 10.3 Å². The third-order valence-corrected chi connectivity index (χ3v) is 3.20. The van der Waals surface area contributed by atoms with Crippen molar-refractivity contribution in [3.63, 3.8) is 0 Å². The smallest absolute Gasteiger partial charge is 0.337 e. The van der Waals surface area contributed by atoms with Crippen molar-refractivity contribution in [1.82, 2.24) is 4.98 Å². The van der Waals surface area contributed by atoms with E-state index in [9.17, 15) is 9.90 Å². The minimum atomic E-state index is -1.02. The van der Waals surface area contributed by atoms with Crippen molar-refractivity contribution in [2.24, 2.45) is 0 Å². The quantitative estimate of drug-likeness (QED) is 0.640. The second kappa shape index (κ2) is 5.13. The van der Waals surface area contributed by atoms with Crippen LogP contribution in [0.5, 0.6) is 0 Å². The van der Waals surface area contributed by atoms with Crippen LogP contribution in [0.4, 0.5) is 17.1 Å². The number of rotatable bonds is 3. The Morgan fingerprint density at radius 1 is 1.14 bits per heavy atom. The Morgan fingerprint density at radius 2 is 2.00 bits per heavy atom. The van der Waals surface area contributed by atoms with Crippen LogP contribution in [-0.2, 0) is 0 Å². The second-order valence-electron chi connectivity index (χ2n) is 4.61. The highest BCUT2D eigenvalue weighted by atomic mass is 16.4. The van der Waals surface area contributed by atoms with Crippen LogP contribution in [0.2, 0.25) is 0 Å². The fourth-order valence-corrected chi connectivity index (χ4v) is 2.19. The number of nitrogens with one attached hydrogen (secondary N) is 1. The Morgan fingerprint density at radius 3 is 2.81 bits per heavy atom. The van der Waals surface area contributed by atoms with E-state index in [4.69, 9.17) is 5.73 Å². The van der Waals surface area contributed by atoms with Crippen LogP contribution in [0.25, 0.3) is 10.9 Å². The van der Waals surface area contributed by atoms with Crippen molar-refractivity contribution in [2.45, 2.75) is 0 Å². The highest BCUT2D eigenvalue weighted by molar-refractivity contribution is 5.99. The molecule has 3 rings (SSSR count). The molecule has 104 valence electrons. The molecule has 21 heavy (non-hydrogen) atoms. The van der Waals surface area contributed by atoms with Crippen LogP contribution in [0.15, 0.2) is 54.7 Å². The molecule has 0 amide bonds. The van der Waals surface area contributed by atoms with Gasteiger partial charge in [0.05, 0.1) is 22.5 Å². The number of carboxylic acid groups (broad SMARTS) is 1. The van der Waals surface area contributed by atoms with Gasteiger partial charge in [-0.3, -0.25) is 4.98 Å². The van der Waals surface area contributed by atoms with E-state index in [1.54, 1.807) is 18.3 Å². The van der Waals surface area contributed by atoms with Gasteiger partial charge in [0.15, 0.2) is 0 Å². The number of nitrogen functional groups attached to an aromatic ring is 1. The van der Waals surface area contributed by atoms with Gasteiger partial charge in [-0.2, -0.15) is 0 Å². The highest BCUT2D eigenvalue weighted by Gasteiger charge is 2.12. The van der Waals surface area contributed by atoms with E-state index in [0.717, 1.165) is 16.6 Å². The fourth-order valence-electron chi connectivity index (χ4n) is 2.19. The van der Waals surface area contributed by atoms with E-state index in [1.807, 2.05) is 30.3 Å². The van der Waals surface area contributed by atoms with Gasteiger partial charge in [-0.25, -0.2) is 4.79 Å². The number of hydrogen-bond donors (Lipinski definition) is 3. The van der Waals surface area contributed by atoms with Gasteiger partial charge in [-0.05, 0) is 36.4 Å². The van der Waals surface area contributed by atoms with Gasteiger partial charge in [-0.1, -0.05) is 12.1 Å². The Kier molecular flexibility index (Phi) is 3.16. The largest absolute Gasteiger partial charge is 0.478 e. The summed E-state index contributed by atoms with van der Waals surface area (Å²) >= 11 is 0. The van der Waals surface area contributed by atoms with Gasteiger partial charge in [0.1, 0.15) is 0 Å². The first-order valence-electron chi connectivity index (χ1n) is 6.39. The Hall–Kier alpha value is -3.08. The lowest BCUT2D eigenvalue weighted by atomic mass is 10.1. The number of aromatic nitrogens is 1. The summed E-state index contributed by atoms with van der Waals surface area (Å²) in [6.07, 6.45) is 1.73. The molecule has 0 spiro atoms. The lowest BCUT2D eigenvalue weighted by molar-refractivity contribution is 0.0698. The van der Waals surface area contributed by atoms with Crippen LogP contribution in [0, 0.1) is 0 Å². The minimum Gasteiger partial charge on any atom is -0.478 e. The zero-order chi connectivity index (χ0) is 14.8. The summed E-state index contributed by atoms with van der Waals surface area (Å²) in [5, 5.41) is 13.3. The number of pyridine rings is 1. The molecule has 4 N–H and O–H groups in total. The molecule has 0 aliphatic heterocycles. The minimum absolute atomic E-state index is 0.140. The van der Waals surface area contributed by atoms with E-state index in [1.165, 1.54) is 6.07 Å². The number of nitrogens with two attached hydrogens (primary N) is 1. The molecule has 0 saturated carbocycles. The Balaban J connectivity index is 2.04. The molecular weight excluding hydrogens is 266 g/mol. The molecule has 5 nitrogen and oxygen atoms in total. The molecule has 0 aliphatic rings. The number of anilines is 3. The van der Waals surface area contributed by atoms with Gasteiger partial charge in [-0.15, -0.1) is 0 Å². The van der Waals surface area contributed by atoms with Gasteiger partial charge < -0.3 is 16.2 Å². The van der Waals surface area contributed by atoms with Gasteiger partial charge in [0.25, 0.3) is 0 Å². The molecule has 0 atom stereocenters. The Labute approximate surface area is 121 Å². The number of nitrogens with zero attached hydrogens (tertiary/aromatic N) is 1. The van der Waals surface area contributed by atoms with Gasteiger partial charge >= 0.3 is 5.97 Å². The van der Waals surface area contributed by atoms with Crippen LogP contribution in [-0.4, -0.2) is 16.1 Å². The average molecular weight is 279 g/mol. The Bertz CT molecular complexity index is 831. The lowest BCUT2D eigenvalue weighted by Crippen LogP contribution is -2.05. The number of para-hydroxylation sites is 1. The zero-order valence-corrected chi connectivity index (χ0v) is 11.1. The second-order valence-corrected chi connectivity index (χ2v) is 4.61. The van der Waals surface area contributed by atoms with Crippen molar-refractivity contribution in [3.05, 3.63) is 60.3 Å². The van der Waals surface area contributed by atoms with Crippen molar-refractivity contribution in [1.29, 1.82) is 0 Å². The monoisotopic (exact) mass is 279 g/mol. The molecule has 0 fully saturated rings. The number of benzene rings is 2. The maximum absolute atomic E-state index is 11.3. The highest BCUT2D eigenvalue weighted by Crippen LogP contribution is 2.28. The molecule has 0 bridgehead atoms. The lowest BCUT2D eigenvalue weighted by Gasteiger charge is -2.12. The molecule has 1 aromatic heterocycles. The van der Waals surface area contributed by atoms with E-state index in [-0.39, 0.29) is 5.56 Å². The SMILES string of the molecule is Nc1cccc(C(=O)O)c1Nc1ccc2ncccc2c1. The summed E-state index contributed by atoms with van der Waals surface area (Å²) in [7, 11) is 0. The molecule has 0 unspecified atom stereocenters. The molecule has 2 aromatic carbocycles. The predicted octanol–water partition coefficient (Wildman–Crippen LogP) is 3.26. The summed E-state index contributed by atoms with van der Waals surface area (Å²) in [4.78, 5) is 15.5. The standard InChI is InChI=1S/C16H13N3O2/c17-13-5-1-4-12(16(20)21)15(13)19-11-6-7-14-10(9-11)3-2-8-18-14/h1-9,19H,17H2,(H,20,21). The summed E-state index contributed by atoms with van der Waals surface area (Å²) in [5.74, 6) is -1.02. The number of fused-ring (bicyclic) bond motifs is 1. The van der Waals surface area contributed by atoms with Crippen LogP contribution >= 0.6 is 0 Å². The van der Waals surface area contributed by atoms with Crippen molar-refractivity contribution < 1.29 is 9.90 Å². The molecule has 0 saturated heterocycles. The number of carboxylic acids is 1. The van der Waals surface area contributed by atoms with Crippen molar-refractivity contribution >= 4 is 33.9 Å². The third-order valence-electron chi connectivity index (χ3n) is 3.20. The van der Waals surface area contributed by atoms with Gasteiger partial charge in [0.2, 0.25) is 0 Å². The summed E-state index contributed by atoms with van der Waals surface area (Å²) in [6, 6.07) is 14.2. The summed E-state index contributed by atoms with van der Waals surface area (Å²) < 4.78 is 0. The molecule has 0 radical (unpaired) electrons. The predicted molar refractivity (Wildman–Crippen MR) is 82.8 cm³/mol. The van der Waals surface area contributed by atoms with Crippen LogP contribution < -0.4 is 11.1 Å². The van der Waals surface area contributed by atoms with Crippen molar-refractivity contribution in [3.8, 4) is 0 Å². The number of carbonyl (C=O) groups is 1. The number of hydrogen-bond acceptors (Lipinski definition) is 4. The van der Waals surface area contributed by atoms with E-state index in [0.29, 0.717) is 11.4 Å². The fraction of sp³-hybridized carbons (Fsp3) is 0. The maximum atomic E-state index is 11.3. The first-order chi connectivity index (χ1) is 10.1. The molecule has 5 heteroatoms. The molecular formula is C16H13N3O2. The van der Waals surface area contributed by atoms with Crippen molar-refractivity contribution in [2.75, 3.05) is 11.1 Å². The molecule has 3 aromatic rings. The third kappa shape index (κ3) is 2.49. The van der Waals surface area contributed by atoms with Gasteiger partial charge in [0, 0.05) is 17.3 Å². The van der Waals surface area contributed by atoms with Crippen LogP contribution in [0.1, 0.15) is 10.4 Å². The maximum Gasteiger partial charge on any atom is 0.337 e. The number of aromatic carboxylic acids is 1. The first-order valence-corrected chi connectivity index (χ1v) is 6.39. The van der Waals surface area contributed by atoms with E-state index >= 15 is 0 Å². The van der Waals surface area contributed by atoms with Crippen LogP contribution in [0.3, 0.4) is 0 Å².